The number of benzene rings is 2. The van der Waals surface area contributed by atoms with Crippen molar-refractivity contribution in [3.8, 4) is 5.75 Å². The van der Waals surface area contributed by atoms with Crippen molar-refractivity contribution < 1.29 is 4.74 Å². The number of nitrogens with one attached hydrogen (secondary N) is 1. The minimum absolute atomic E-state index is 0.0988. The Bertz CT molecular complexity index is 1070. The number of fused-ring (bicyclic) bond motifs is 5. The molecule has 1 N–H and O–H groups in total. The summed E-state index contributed by atoms with van der Waals surface area (Å²) in [6, 6.07) is 14.8. The van der Waals surface area contributed by atoms with E-state index >= 15 is 0 Å². The molecule has 1 atom stereocenters. The van der Waals surface area contributed by atoms with Crippen molar-refractivity contribution in [2.45, 2.75) is 31.0 Å². The lowest BCUT2D eigenvalue weighted by molar-refractivity contribution is -0.149. The Morgan fingerprint density at radius 2 is 1.96 bits per heavy atom. The van der Waals surface area contributed by atoms with Crippen LogP contribution in [0.25, 0.3) is 10.9 Å². The minimum Gasteiger partial charge on any atom is -0.497 e. The van der Waals surface area contributed by atoms with Crippen LogP contribution in [0.15, 0.2) is 42.5 Å². The van der Waals surface area contributed by atoms with Gasteiger partial charge < -0.3 is 9.72 Å². The van der Waals surface area contributed by atoms with Gasteiger partial charge >= 0.3 is 0 Å². The Morgan fingerprint density at radius 3 is 2.75 bits per heavy atom. The molecule has 0 radical (unpaired) electrons. The van der Waals surface area contributed by atoms with Crippen LogP contribution in [0.1, 0.15) is 35.8 Å². The largest absolute Gasteiger partial charge is 0.497 e. The summed E-state index contributed by atoms with van der Waals surface area (Å²) >= 11 is 6.35. The van der Waals surface area contributed by atoms with Crippen molar-refractivity contribution in [2.24, 2.45) is 0 Å². The lowest BCUT2D eigenvalue weighted by atomic mass is 9.73. The van der Waals surface area contributed by atoms with Gasteiger partial charge in [-0.15, -0.1) is 0 Å². The van der Waals surface area contributed by atoms with E-state index in [-0.39, 0.29) is 5.54 Å². The molecule has 28 heavy (non-hydrogen) atoms. The molecule has 2 aromatic carbocycles. The number of H-pyrrole nitrogens is 1. The van der Waals surface area contributed by atoms with Gasteiger partial charge in [0.15, 0.2) is 0 Å². The summed E-state index contributed by atoms with van der Waals surface area (Å²) in [5.74, 6) is 0.935. The zero-order valence-corrected chi connectivity index (χ0v) is 16.8. The van der Waals surface area contributed by atoms with Crippen LogP contribution in [-0.4, -0.2) is 41.5 Å². The van der Waals surface area contributed by atoms with Crippen LogP contribution >= 0.6 is 11.6 Å². The quantitative estimate of drug-likeness (QED) is 0.685. The van der Waals surface area contributed by atoms with Crippen molar-refractivity contribution in [1.29, 1.82) is 0 Å². The first-order chi connectivity index (χ1) is 13.7. The highest BCUT2D eigenvalue weighted by Crippen LogP contribution is 2.54. The molecule has 0 aliphatic carbocycles. The maximum absolute atomic E-state index is 6.35. The lowest BCUT2D eigenvalue weighted by Crippen LogP contribution is -2.66. The molecule has 4 aliphatic heterocycles. The van der Waals surface area contributed by atoms with E-state index in [1.54, 1.807) is 7.11 Å². The first-order valence-corrected chi connectivity index (χ1v) is 10.5. The number of piperidine rings is 1. The summed E-state index contributed by atoms with van der Waals surface area (Å²) in [4.78, 5) is 9.19. The van der Waals surface area contributed by atoms with Crippen molar-refractivity contribution in [1.82, 2.24) is 14.8 Å². The molecule has 3 saturated heterocycles. The number of rotatable bonds is 2. The molecule has 4 aliphatic rings. The molecular formula is C23H24ClN3O. The fourth-order valence-electron chi connectivity index (χ4n) is 5.89. The molecule has 0 saturated carbocycles. The van der Waals surface area contributed by atoms with Gasteiger partial charge in [-0.25, -0.2) is 0 Å². The third-order valence-electron chi connectivity index (χ3n) is 7.14. The standard InChI is InChI=1S/C23H24ClN3O/c1-28-17-5-6-20-19(14-17)18-7-10-27-22(15-3-2-4-16(24)13-15)26-11-8-23(27,9-12-26)21(18)25-20/h2-6,13-14,22,25H,7-12H2,1H3. The first-order valence-electron chi connectivity index (χ1n) is 10.1. The number of methoxy groups -OCH3 is 1. The number of ether oxygens (including phenoxy) is 1. The smallest absolute Gasteiger partial charge is 0.119 e. The zero-order chi connectivity index (χ0) is 18.9. The number of aromatic amines is 1. The molecule has 1 aromatic heterocycles. The van der Waals surface area contributed by atoms with Crippen molar-refractivity contribution in [2.75, 3.05) is 26.7 Å². The number of nitrogens with zero attached hydrogens (tertiary/aromatic N) is 2. The second kappa shape index (κ2) is 5.99. The SMILES string of the molecule is COc1ccc2[nH]c3c(c2c1)CCN1C(c2cccc(Cl)c2)N2CCC31CC2. The minimum atomic E-state index is 0.0988. The Hall–Kier alpha value is -2.01. The van der Waals surface area contributed by atoms with E-state index in [9.17, 15) is 0 Å². The third-order valence-corrected chi connectivity index (χ3v) is 7.38. The monoisotopic (exact) mass is 393 g/mol. The van der Waals surface area contributed by atoms with Gasteiger partial charge in [0.25, 0.3) is 0 Å². The molecule has 5 heteroatoms. The van der Waals surface area contributed by atoms with Gasteiger partial charge in [-0.1, -0.05) is 23.7 Å². The molecule has 3 aromatic rings. The van der Waals surface area contributed by atoms with Gasteiger partial charge in [0, 0.05) is 41.3 Å². The van der Waals surface area contributed by atoms with E-state index in [1.165, 1.54) is 40.6 Å². The summed E-state index contributed by atoms with van der Waals surface area (Å²) in [6.45, 7) is 3.34. The van der Waals surface area contributed by atoms with E-state index in [4.69, 9.17) is 16.3 Å². The van der Waals surface area contributed by atoms with Crippen molar-refractivity contribution >= 4 is 22.5 Å². The molecule has 7 rings (SSSR count). The molecular weight excluding hydrogens is 370 g/mol. The Morgan fingerprint density at radius 1 is 1.11 bits per heavy atom. The maximum Gasteiger partial charge on any atom is 0.119 e. The summed E-state index contributed by atoms with van der Waals surface area (Å²) < 4.78 is 5.49. The Labute approximate surface area is 170 Å². The predicted molar refractivity (Wildman–Crippen MR) is 112 cm³/mol. The van der Waals surface area contributed by atoms with Gasteiger partial charge in [0.05, 0.1) is 18.8 Å². The van der Waals surface area contributed by atoms with E-state index in [0.29, 0.717) is 6.17 Å². The molecule has 144 valence electrons. The van der Waals surface area contributed by atoms with Gasteiger partial charge in [-0.2, -0.15) is 0 Å². The van der Waals surface area contributed by atoms with Crippen molar-refractivity contribution in [3.63, 3.8) is 0 Å². The molecule has 1 unspecified atom stereocenters. The molecule has 1 spiro atoms. The van der Waals surface area contributed by atoms with Crippen LogP contribution in [0.2, 0.25) is 5.02 Å². The summed E-state index contributed by atoms with van der Waals surface area (Å²) in [5, 5.41) is 2.15. The van der Waals surface area contributed by atoms with Crippen LogP contribution in [0.3, 0.4) is 0 Å². The molecule has 3 fully saturated rings. The zero-order valence-electron chi connectivity index (χ0n) is 16.0. The highest BCUT2D eigenvalue weighted by molar-refractivity contribution is 6.30. The highest BCUT2D eigenvalue weighted by atomic mass is 35.5. The molecule has 0 amide bonds. The first kappa shape index (κ1) is 16.9. The molecule has 4 nitrogen and oxygen atoms in total. The average Bonchev–Trinajstić information content (AvgIpc) is 3.12. The van der Waals surface area contributed by atoms with E-state index in [0.717, 1.165) is 36.8 Å². The Balaban J connectivity index is 1.51. The fourth-order valence-corrected chi connectivity index (χ4v) is 6.09. The number of hydrogen-bond donors (Lipinski definition) is 1. The van der Waals surface area contributed by atoms with Crippen LogP contribution in [0.5, 0.6) is 5.75 Å². The van der Waals surface area contributed by atoms with Gasteiger partial charge in [-0.05, 0) is 60.7 Å². The van der Waals surface area contributed by atoms with Crippen molar-refractivity contribution in [3.05, 3.63) is 64.3 Å². The summed E-state index contributed by atoms with van der Waals surface area (Å²) in [7, 11) is 1.74. The highest BCUT2D eigenvalue weighted by Gasteiger charge is 2.55. The fraction of sp³-hybridized carbons (Fsp3) is 0.391. The number of halogens is 1. The van der Waals surface area contributed by atoms with Gasteiger partial charge in [0.2, 0.25) is 0 Å². The normalized spacial score (nSPS) is 28.9. The molecule has 2 bridgehead atoms. The Kier molecular flexibility index (Phi) is 3.62. The van der Waals surface area contributed by atoms with E-state index in [2.05, 4.69) is 51.2 Å². The predicted octanol–water partition coefficient (Wildman–Crippen LogP) is 4.69. The van der Waals surface area contributed by atoms with E-state index in [1.807, 2.05) is 6.07 Å². The van der Waals surface area contributed by atoms with Crippen LogP contribution in [0, 0.1) is 0 Å². The average molecular weight is 394 g/mol. The van der Waals surface area contributed by atoms with Crippen LogP contribution in [-0.2, 0) is 12.0 Å². The van der Waals surface area contributed by atoms with Crippen LogP contribution in [0.4, 0.5) is 0 Å². The second-order valence-corrected chi connectivity index (χ2v) is 8.77. The van der Waals surface area contributed by atoms with Gasteiger partial charge in [-0.3, -0.25) is 9.80 Å². The molecule has 5 heterocycles. The summed E-state index contributed by atoms with van der Waals surface area (Å²) in [5.41, 5.74) is 5.58. The van der Waals surface area contributed by atoms with Gasteiger partial charge in [0.1, 0.15) is 5.75 Å². The van der Waals surface area contributed by atoms with Crippen LogP contribution < -0.4 is 4.74 Å². The summed E-state index contributed by atoms with van der Waals surface area (Å²) in [6.07, 6.45) is 3.74. The number of aromatic nitrogens is 1. The topological polar surface area (TPSA) is 31.5 Å². The van der Waals surface area contributed by atoms with E-state index < -0.39 is 0 Å². The lowest BCUT2D eigenvalue weighted by Gasteiger charge is -2.62. The number of hydrogen-bond acceptors (Lipinski definition) is 3. The second-order valence-electron chi connectivity index (χ2n) is 8.33. The maximum atomic E-state index is 6.35. The third kappa shape index (κ3) is 2.20.